The van der Waals surface area contributed by atoms with E-state index in [0.717, 1.165) is 36.5 Å². The summed E-state index contributed by atoms with van der Waals surface area (Å²) in [5.74, 6) is 0.285. The Morgan fingerprint density at radius 3 is 2.28 bits per heavy atom. The molecule has 0 aliphatic carbocycles. The Balaban J connectivity index is 1.48. The highest BCUT2D eigenvalue weighted by Gasteiger charge is 2.29. The first-order chi connectivity index (χ1) is 13.9. The van der Waals surface area contributed by atoms with Gasteiger partial charge >= 0.3 is 0 Å². The summed E-state index contributed by atoms with van der Waals surface area (Å²) in [6.45, 7) is 5.31. The lowest BCUT2D eigenvalue weighted by atomic mass is 9.88. The molecule has 0 saturated carbocycles. The monoisotopic (exact) mass is 412 g/mol. The van der Waals surface area contributed by atoms with Gasteiger partial charge in [-0.3, -0.25) is 9.59 Å². The maximum absolute atomic E-state index is 12.9. The molecule has 4 nitrogen and oxygen atoms in total. The summed E-state index contributed by atoms with van der Waals surface area (Å²) in [7, 11) is 0. The first-order valence-corrected chi connectivity index (χ1v) is 10.7. The van der Waals surface area contributed by atoms with Crippen molar-refractivity contribution in [2.24, 2.45) is 5.92 Å². The number of nitrogens with one attached hydrogen (secondary N) is 1. The van der Waals surface area contributed by atoms with Gasteiger partial charge in [-0.15, -0.1) is 0 Å². The Bertz CT molecular complexity index is 815. The van der Waals surface area contributed by atoms with Crippen molar-refractivity contribution in [3.63, 3.8) is 0 Å². The van der Waals surface area contributed by atoms with Gasteiger partial charge in [0.15, 0.2) is 0 Å². The van der Waals surface area contributed by atoms with Crippen LogP contribution in [0.1, 0.15) is 43.7 Å². The SMILES string of the molecule is CC(NC(=O)Cc1ccccc1)C(C)C(=O)N1CCC(c2ccc(Cl)cc2)CC1. The van der Waals surface area contributed by atoms with Gasteiger partial charge in [-0.25, -0.2) is 0 Å². The fraction of sp³-hybridized carbons (Fsp3) is 0.417. The van der Waals surface area contributed by atoms with Crippen molar-refractivity contribution in [3.05, 3.63) is 70.7 Å². The molecule has 1 N–H and O–H groups in total. The van der Waals surface area contributed by atoms with Crippen molar-refractivity contribution in [1.82, 2.24) is 10.2 Å². The van der Waals surface area contributed by atoms with E-state index in [4.69, 9.17) is 11.6 Å². The van der Waals surface area contributed by atoms with Crippen LogP contribution in [-0.4, -0.2) is 35.8 Å². The second-order valence-corrected chi connectivity index (χ2v) is 8.39. The molecular weight excluding hydrogens is 384 g/mol. The zero-order valence-electron chi connectivity index (χ0n) is 17.1. The van der Waals surface area contributed by atoms with Gasteiger partial charge in [0.1, 0.15) is 0 Å². The van der Waals surface area contributed by atoms with Crippen LogP contribution >= 0.6 is 11.6 Å². The number of rotatable bonds is 6. The quantitative estimate of drug-likeness (QED) is 0.762. The average Bonchev–Trinajstić information content (AvgIpc) is 2.74. The Labute approximate surface area is 178 Å². The minimum Gasteiger partial charge on any atom is -0.353 e. The van der Waals surface area contributed by atoms with E-state index in [9.17, 15) is 9.59 Å². The molecule has 1 aliphatic rings. The Kier molecular flexibility index (Phi) is 7.32. The zero-order chi connectivity index (χ0) is 20.8. The first-order valence-electron chi connectivity index (χ1n) is 10.3. The predicted octanol–water partition coefficient (Wildman–Crippen LogP) is 4.43. The number of hydrogen-bond donors (Lipinski definition) is 1. The second-order valence-electron chi connectivity index (χ2n) is 7.96. The lowest BCUT2D eigenvalue weighted by Crippen LogP contribution is -2.47. The molecule has 3 rings (SSSR count). The molecule has 2 amide bonds. The first kappa shape index (κ1) is 21.4. The summed E-state index contributed by atoms with van der Waals surface area (Å²) in [6, 6.07) is 17.5. The number of likely N-dealkylation sites (tertiary alicyclic amines) is 1. The van der Waals surface area contributed by atoms with Crippen LogP contribution in [0.3, 0.4) is 0 Å². The normalized spacial score (nSPS) is 16.9. The summed E-state index contributed by atoms with van der Waals surface area (Å²) in [4.78, 5) is 27.2. The highest BCUT2D eigenvalue weighted by Crippen LogP contribution is 2.29. The van der Waals surface area contributed by atoms with Crippen LogP contribution in [0.2, 0.25) is 5.02 Å². The lowest BCUT2D eigenvalue weighted by molar-refractivity contribution is -0.137. The maximum atomic E-state index is 12.9. The van der Waals surface area contributed by atoms with Crippen molar-refractivity contribution in [1.29, 1.82) is 0 Å². The van der Waals surface area contributed by atoms with Crippen molar-refractivity contribution in [2.75, 3.05) is 13.1 Å². The summed E-state index contributed by atoms with van der Waals surface area (Å²) >= 11 is 5.98. The summed E-state index contributed by atoms with van der Waals surface area (Å²) < 4.78 is 0. The molecule has 0 aromatic heterocycles. The minimum absolute atomic E-state index is 0.0511. The highest BCUT2D eigenvalue weighted by atomic mass is 35.5. The Morgan fingerprint density at radius 2 is 1.66 bits per heavy atom. The molecule has 1 heterocycles. The van der Waals surface area contributed by atoms with E-state index in [0.29, 0.717) is 12.3 Å². The summed E-state index contributed by atoms with van der Waals surface area (Å²) in [6.07, 6.45) is 2.24. The molecule has 5 heteroatoms. The van der Waals surface area contributed by atoms with Crippen LogP contribution in [-0.2, 0) is 16.0 Å². The van der Waals surface area contributed by atoms with E-state index in [1.165, 1.54) is 5.56 Å². The minimum atomic E-state index is -0.248. The van der Waals surface area contributed by atoms with Gasteiger partial charge in [-0.1, -0.05) is 61.0 Å². The molecule has 2 aromatic rings. The number of carbonyl (C=O) groups excluding carboxylic acids is 2. The molecule has 2 atom stereocenters. The molecule has 1 aliphatic heterocycles. The zero-order valence-corrected chi connectivity index (χ0v) is 17.9. The molecule has 154 valence electrons. The molecule has 0 radical (unpaired) electrons. The molecule has 0 bridgehead atoms. The third-order valence-corrected chi connectivity index (χ3v) is 6.14. The molecule has 1 fully saturated rings. The molecule has 29 heavy (non-hydrogen) atoms. The molecule has 0 spiro atoms. The van der Waals surface area contributed by atoms with Gasteiger partial charge in [-0.2, -0.15) is 0 Å². The Hall–Kier alpha value is -2.33. The molecule has 2 unspecified atom stereocenters. The maximum Gasteiger partial charge on any atom is 0.227 e. The average molecular weight is 413 g/mol. The molecule has 2 aromatic carbocycles. The smallest absolute Gasteiger partial charge is 0.227 e. The van der Waals surface area contributed by atoms with Crippen molar-refractivity contribution < 1.29 is 9.59 Å². The van der Waals surface area contributed by atoms with E-state index < -0.39 is 0 Å². The van der Waals surface area contributed by atoms with Crippen molar-refractivity contribution in [2.45, 2.75) is 45.1 Å². The van der Waals surface area contributed by atoms with E-state index in [2.05, 4.69) is 17.4 Å². The van der Waals surface area contributed by atoms with Crippen LogP contribution in [0.15, 0.2) is 54.6 Å². The van der Waals surface area contributed by atoms with Gasteiger partial charge in [0.05, 0.1) is 12.3 Å². The largest absolute Gasteiger partial charge is 0.353 e. The van der Waals surface area contributed by atoms with E-state index in [-0.39, 0.29) is 23.8 Å². The second kappa shape index (κ2) is 9.93. The standard InChI is InChI=1S/C24H29ClN2O2/c1-17(18(2)26-23(28)16-19-6-4-3-5-7-19)24(29)27-14-12-21(13-15-27)20-8-10-22(25)11-9-20/h3-11,17-18,21H,12-16H2,1-2H3,(H,26,28). The van der Waals surface area contributed by atoms with Gasteiger partial charge in [0.2, 0.25) is 11.8 Å². The topological polar surface area (TPSA) is 49.4 Å². The number of benzene rings is 2. The third-order valence-electron chi connectivity index (χ3n) is 5.88. The van der Waals surface area contributed by atoms with Crippen molar-refractivity contribution >= 4 is 23.4 Å². The van der Waals surface area contributed by atoms with Gasteiger partial charge in [-0.05, 0) is 48.9 Å². The number of nitrogens with zero attached hydrogens (tertiary/aromatic N) is 1. The predicted molar refractivity (Wildman–Crippen MR) is 117 cm³/mol. The summed E-state index contributed by atoms with van der Waals surface area (Å²) in [5, 5.41) is 3.74. The van der Waals surface area contributed by atoms with Gasteiger partial charge in [0, 0.05) is 24.2 Å². The van der Waals surface area contributed by atoms with Crippen LogP contribution in [0.5, 0.6) is 0 Å². The van der Waals surface area contributed by atoms with Crippen LogP contribution in [0.4, 0.5) is 0 Å². The number of piperidine rings is 1. The van der Waals surface area contributed by atoms with Crippen LogP contribution in [0, 0.1) is 5.92 Å². The van der Waals surface area contributed by atoms with E-state index in [1.807, 2.05) is 61.2 Å². The molecular formula is C24H29ClN2O2. The van der Waals surface area contributed by atoms with E-state index in [1.54, 1.807) is 0 Å². The number of halogens is 1. The Morgan fingerprint density at radius 1 is 1.03 bits per heavy atom. The lowest BCUT2D eigenvalue weighted by Gasteiger charge is -2.35. The van der Waals surface area contributed by atoms with Gasteiger partial charge < -0.3 is 10.2 Å². The third kappa shape index (κ3) is 5.83. The highest BCUT2D eigenvalue weighted by molar-refractivity contribution is 6.30. The molecule has 1 saturated heterocycles. The fourth-order valence-electron chi connectivity index (χ4n) is 3.88. The fourth-order valence-corrected chi connectivity index (χ4v) is 4.01. The van der Waals surface area contributed by atoms with E-state index >= 15 is 0 Å². The number of amides is 2. The van der Waals surface area contributed by atoms with Crippen LogP contribution < -0.4 is 5.32 Å². The number of carbonyl (C=O) groups is 2. The summed E-state index contributed by atoms with van der Waals surface area (Å²) in [5.41, 5.74) is 2.26. The van der Waals surface area contributed by atoms with Crippen LogP contribution in [0.25, 0.3) is 0 Å². The van der Waals surface area contributed by atoms with Gasteiger partial charge in [0.25, 0.3) is 0 Å². The van der Waals surface area contributed by atoms with Crippen molar-refractivity contribution in [3.8, 4) is 0 Å². The number of hydrogen-bond acceptors (Lipinski definition) is 2.